The smallest absolute Gasteiger partial charge is 0.263 e. The van der Waals surface area contributed by atoms with E-state index in [1.165, 1.54) is 0 Å². The number of aryl methyl sites for hydroxylation is 1. The lowest BCUT2D eigenvalue weighted by atomic mass is 10.1. The van der Waals surface area contributed by atoms with E-state index in [-0.39, 0.29) is 35.4 Å². The molecule has 0 aliphatic heterocycles. The Morgan fingerprint density at radius 2 is 1.94 bits per heavy atom. The number of nitrogens with zero attached hydrogens (tertiary/aromatic N) is 4. The molecule has 32 heavy (non-hydrogen) atoms. The molecule has 4 rings (SSSR count). The van der Waals surface area contributed by atoms with Crippen LogP contribution in [-0.2, 0) is 11.3 Å². The first-order chi connectivity index (χ1) is 15.4. The van der Waals surface area contributed by atoms with Gasteiger partial charge in [-0.1, -0.05) is 23.7 Å². The Morgan fingerprint density at radius 1 is 1.19 bits per heavy atom. The molecule has 0 bridgehead atoms. The third-order valence-corrected chi connectivity index (χ3v) is 5.41. The van der Waals surface area contributed by atoms with E-state index in [9.17, 15) is 9.59 Å². The van der Waals surface area contributed by atoms with Crippen molar-refractivity contribution in [1.82, 2.24) is 25.0 Å². The van der Waals surface area contributed by atoms with Crippen LogP contribution in [0.5, 0.6) is 0 Å². The van der Waals surface area contributed by atoms with Crippen molar-refractivity contribution < 1.29 is 9.32 Å². The molecule has 1 amide bonds. The third kappa shape index (κ3) is 4.40. The highest BCUT2D eigenvalue weighted by molar-refractivity contribution is 6.30. The Morgan fingerprint density at radius 3 is 2.66 bits per heavy atom. The first-order valence-electron chi connectivity index (χ1n) is 10.3. The number of rotatable bonds is 6. The molecule has 8 nitrogen and oxygen atoms in total. The van der Waals surface area contributed by atoms with Crippen LogP contribution in [0.4, 0.5) is 0 Å². The van der Waals surface area contributed by atoms with Gasteiger partial charge in [0, 0.05) is 28.5 Å². The van der Waals surface area contributed by atoms with Crippen molar-refractivity contribution in [3.63, 3.8) is 0 Å². The molecule has 0 aliphatic carbocycles. The number of hydrogen-bond acceptors (Lipinski definition) is 6. The molecule has 0 aliphatic rings. The van der Waals surface area contributed by atoms with Gasteiger partial charge in [0.25, 0.3) is 5.89 Å². The van der Waals surface area contributed by atoms with E-state index in [0.717, 1.165) is 12.1 Å². The summed E-state index contributed by atoms with van der Waals surface area (Å²) >= 11 is 5.94. The highest BCUT2D eigenvalue weighted by atomic mass is 35.5. The van der Waals surface area contributed by atoms with Crippen molar-refractivity contribution in [2.45, 2.75) is 39.8 Å². The fourth-order valence-corrected chi connectivity index (χ4v) is 3.39. The van der Waals surface area contributed by atoms with E-state index in [0.29, 0.717) is 27.4 Å². The number of carbonyl (C=O) groups excluding carboxylic acids is 1. The second kappa shape index (κ2) is 8.92. The summed E-state index contributed by atoms with van der Waals surface area (Å²) in [6.45, 7) is 5.77. The Hall–Kier alpha value is -3.52. The number of halogens is 1. The topological polar surface area (TPSA) is 103 Å². The van der Waals surface area contributed by atoms with Crippen LogP contribution >= 0.6 is 11.6 Å². The molecule has 0 saturated heterocycles. The van der Waals surface area contributed by atoms with E-state index in [1.54, 1.807) is 47.2 Å². The monoisotopic (exact) mass is 451 g/mol. The lowest BCUT2D eigenvalue weighted by Gasteiger charge is -2.15. The number of hydrogen-bond donors (Lipinski definition) is 1. The number of amides is 1. The van der Waals surface area contributed by atoms with Crippen LogP contribution in [0.15, 0.2) is 51.9 Å². The molecule has 0 spiro atoms. The Kier molecular flexibility index (Phi) is 6.05. The average molecular weight is 452 g/mol. The second-order valence-electron chi connectivity index (χ2n) is 7.63. The van der Waals surface area contributed by atoms with Crippen molar-refractivity contribution in [3.8, 4) is 22.8 Å². The van der Waals surface area contributed by atoms with Crippen LogP contribution in [0.3, 0.4) is 0 Å². The van der Waals surface area contributed by atoms with E-state index >= 15 is 0 Å². The van der Waals surface area contributed by atoms with Crippen molar-refractivity contribution in [3.05, 3.63) is 63.5 Å². The third-order valence-electron chi connectivity index (χ3n) is 5.15. The maximum absolute atomic E-state index is 13.2. The lowest BCUT2D eigenvalue weighted by molar-refractivity contribution is -0.122. The van der Waals surface area contributed by atoms with Crippen LogP contribution in [0, 0.1) is 6.92 Å². The minimum Gasteiger partial charge on any atom is -0.352 e. The van der Waals surface area contributed by atoms with Gasteiger partial charge in [0.2, 0.25) is 17.2 Å². The largest absolute Gasteiger partial charge is 0.352 e. The maximum atomic E-state index is 13.2. The molecular formula is C23H22ClN5O3. The van der Waals surface area contributed by atoms with E-state index < -0.39 is 0 Å². The zero-order valence-corrected chi connectivity index (χ0v) is 18.7. The number of carbonyl (C=O) groups is 1. The maximum Gasteiger partial charge on any atom is 0.263 e. The summed E-state index contributed by atoms with van der Waals surface area (Å²) in [6, 6.07) is 10.5. The molecule has 0 fully saturated rings. The zero-order chi connectivity index (χ0) is 22.8. The summed E-state index contributed by atoms with van der Waals surface area (Å²) < 4.78 is 7.04. The van der Waals surface area contributed by atoms with Crippen molar-refractivity contribution in [2.75, 3.05) is 0 Å². The van der Waals surface area contributed by atoms with Crippen LogP contribution in [0.25, 0.3) is 33.9 Å². The standard InChI is InChI=1S/C23H22ClN5O3/c1-4-13(2)25-19(30)12-29-11-18(20(31)17-10-5-14(3)26-22(17)29)23-27-21(28-32-23)15-6-8-16(24)9-7-15/h5-11,13H,4,12H2,1-3H3,(H,25,30)/t13-/m0/s1. The van der Waals surface area contributed by atoms with Gasteiger partial charge in [-0.2, -0.15) is 4.98 Å². The number of pyridine rings is 2. The number of benzene rings is 1. The van der Waals surface area contributed by atoms with E-state index in [1.807, 2.05) is 20.8 Å². The predicted molar refractivity (Wildman–Crippen MR) is 122 cm³/mol. The highest BCUT2D eigenvalue weighted by Crippen LogP contribution is 2.23. The number of aromatic nitrogens is 4. The van der Waals surface area contributed by atoms with Crippen molar-refractivity contribution in [2.24, 2.45) is 0 Å². The van der Waals surface area contributed by atoms with Gasteiger partial charge in [-0.3, -0.25) is 9.59 Å². The fraction of sp³-hybridized carbons (Fsp3) is 0.261. The number of nitrogens with one attached hydrogen (secondary N) is 1. The van der Waals surface area contributed by atoms with Gasteiger partial charge in [0.15, 0.2) is 0 Å². The van der Waals surface area contributed by atoms with Crippen LogP contribution < -0.4 is 10.7 Å². The molecular weight excluding hydrogens is 430 g/mol. The summed E-state index contributed by atoms with van der Waals surface area (Å²) in [5.74, 6) is 0.226. The molecule has 1 atom stereocenters. The van der Waals surface area contributed by atoms with E-state index in [2.05, 4.69) is 20.4 Å². The van der Waals surface area contributed by atoms with Gasteiger partial charge in [-0.15, -0.1) is 0 Å². The molecule has 1 N–H and O–H groups in total. The summed E-state index contributed by atoms with van der Waals surface area (Å²) in [7, 11) is 0. The average Bonchev–Trinajstić information content (AvgIpc) is 3.26. The quantitative estimate of drug-likeness (QED) is 0.475. The van der Waals surface area contributed by atoms with Crippen molar-refractivity contribution >= 4 is 28.5 Å². The van der Waals surface area contributed by atoms with Crippen LogP contribution in [0.2, 0.25) is 5.02 Å². The van der Waals surface area contributed by atoms with Gasteiger partial charge in [0.05, 0.1) is 5.39 Å². The fourth-order valence-electron chi connectivity index (χ4n) is 3.26. The summed E-state index contributed by atoms with van der Waals surface area (Å²) in [6.07, 6.45) is 2.36. The minimum atomic E-state index is -0.294. The van der Waals surface area contributed by atoms with Gasteiger partial charge in [-0.05, 0) is 56.7 Å². The van der Waals surface area contributed by atoms with Crippen molar-refractivity contribution in [1.29, 1.82) is 0 Å². The van der Waals surface area contributed by atoms with Crippen LogP contribution in [-0.4, -0.2) is 31.6 Å². The first kappa shape index (κ1) is 21.7. The molecule has 4 aromatic rings. The highest BCUT2D eigenvalue weighted by Gasteiger charge is 2.19. The SMILES string of the molecule is CC[C@H](C)NC(=O)Cn1cc(-c2nc(-c3ccc(Cl)cc3)no2)c(=O)c2ccc(C)nc21. The minimum absolute atomic E-state index is 0.00273. The second-order valence-corrected chi connectivity index (χ2v) is 8.07. The zero-order valence-electron chi connectivity index (χ0n) is 17.9. The molecule has 0 unspecified atom stereocenters. The summed E-state index contributed by atoms with van der Waals surface area (Å²) in [4.78, 5) is 34.6. The number of fused-ring (bicyclic) bond motifs is 1. The Labute approximate surface area is 189 Å². The van der Waals surface area contributed by atoms with Gasteiger partial charge < -0.3 is 14.4 Å². The van der Waals surface area contributed by atoms with Gasteiger partial charge >= 0.3 is 0 Å². The first-order valence-corrected chi connectivity index (χ1v) is 10.6. The predicted octanol–water partition coefficient (Wildman–Crippen LogP) is 3.99. The Balaban J connectivity index is 1.79. The van der Waals surface area contributed by atoms with Crippen LogP contribution in [0.1, 0.15) is 26.0 Å². The molecule has 0 saturated carbocycles. The molecule has 164 valence electrons. The molecule has 1 aromatic carbocycles. The van der Waals surface area contributed by atoms with Gasteiger partial charge in [-0.25, -0.2) is 4.98 Å². The molecule has 9 heteroatoms. The van der Waals surface area contributed by atoms with Gasteiger partial charge in [0.1, 0.15) is 17.8 Å². The molecule has 3 heterocycles. The Bertz CT molecular complexity index is 1340. The normalized spacial score (nSPS) is 12.1. The van der Waals surface area contributed by atoms with E-state index in [4.69, 9.17) is 16.1 Å². The lowest BCUT2D eigenvalue weighted by Crippen LogP contribution is -2.35. The summed E-state index contributed by atoms with van der Waals surface area (Å²) in [5.41, 5.74) is 1.78. The molecule has 0 radical (unpaired) electrons. The molecule has 3 aromatic heterocycles. The summed E-state index contributed by atoms with van der Waals surface area (Å²) in [5, 5.41) is 7.89.